The average molecular weight is 438 g/mol. The number of hydrogen-bond donors (Lipinski definition) is 2. The molecule has 8 heteroatoms. The van der Waals surface area contributed by atoms with Gasteiger partial charge < -0.3 is 10.3 Å². The Bertz CT molecular complexity index is 1420. The van der Waals surface area contributed by atoms with E-state index in [0.29, 0.717) is 5.82 Å². The van der Waals surface area contributed by atoms with Crippen LogP contribution in [0.2, 0.25) is 0 Å². The smallest absolute Gasteiger partial charge is 0.231 e. The van der Waals surface area contributed by atoms with Crippen molar-refractivity contribution in [2.75, 3.05) is 5.32 Å². The van der Waals surface area contributed by atoms with Gasteiger partial charge in [-0.2, -0.15) is 5.10 Å². The lowest BCUT2D eigenvalue weighted by Gasteiger charge is -2.08. The van der Waals surface area contributed by atoms with Gasteiger partial charge in [0.05, 0.1) is 40.1 Å². The van der Waals surface area contributed by atoms with Gasteiger partial charge in [-0.1, -0.05) is 6.07 Å². The van der Waals surface area contributed by atoms with Gasteiger partial charge in [-0.05, 0) is 56.3 Å². The molecule has 0 aliphatic rings. The first kappa shape index (κ1) is 20.6. The minimum atomic E-state index is -0.170. The summed E-state index contributed by atoms with van der Waals surface area (Å²) in [6, 6.07) is 15.5. The Kier molecular flexibility index (Phi) is 5.40. The summed E-state index contributed by atoms with van der Waals surface area (Å²) in [6.07, 6.45) is 7.28. The third-order valence-corrected chi connectivity index (χ3v) is 5.33. The highest BCUT2D eigenvalue weighted by Gasteiger charge is 2.18. The van der Waals surface area contributed by atoms with Crippen LogP contribution >= 0.6 is 0 Å². The fourth-order valence-electron chi connectivity index (χ4n) is 3.76. The van der Waals surface area contributed by atoms with Gasteiger partial charge in [0.1, 0.15) is 5.82 Å². The van der Waals surface area contributed by atoms with Gasteiger partial charge in [-0.25, -0.2) is 4.98 Å². The largest absolute Gasteiger partial charge is 0.353 e. The number of aromatic nitrogens is 6. The highest BCUT2D eigenvalue weighted by atomic mass is 16.1. The van der Waals surface area contributed by atoms with E-state index in [9.17, 15) is 4.79 Å². The summed E-state index contributed by atoms with van der Waals surface area (Å²) in [4.78, 5) is 29.5. The van der Waals surface area contributed by atoms with Crippen LogP contribution in [0, 0.1) is 0 Å². The van der Waals surface area contributed by atoms with Gasteiger partial charge in [0, 0.05) is 36.4 Å². The third kappa shape index (κ3) is 4.23. The highest BCUT2D eigenvalue weighted by Crippen LogP contribution is 2.36. The number of carbonyl (C=O) groups is 1. The van der Waals surface area contributed by atoms with E-state index in [1.54, 1.807) is 18.6 Å². The van der Waals surface area contributed by atoms with Crippen molar-refractivity contribution in [3.8, 4) is 22.5 Å². The summed E-state index contributed by atoms with van der Waals surface area (Å²) < 4.78 is 1.84. The number of amides is 1. The molecule has 5 heterocycles. The Morgan fingerprint density at radius 2 is 1.91 bits per heavy atom. The van der Waals surface area contributed by atoms with Crippen LogP contribution in [0.3, 0.4) is 0 Å². The van der Waals surface area contributed by atoms with Crippen LogP contribution in [-0.2, 0) is 11.2 Å². The molecule has 0 atom stereocenters. The second-order valence-electron chi connectivity index (χ2n) is 8.03. The summed E-state index contributed by atoms with van der Waals surface area (Å²) in [5.41, 5.74) is 5.95. The molecule has 0 saturated heterocycles. The minimum absolute atomic E-state index is 0.170. The van der Waals surface area contributed by atoms with E-state index in [4.69, 9.17) is 0 Å². The SMILES string of the molecule is CC(C)n1ccc(CC(=O)Nc2cc(-c3[nH]c4cccnc4c3-c3ccccn3)ccn2)n1. The number of fused-ring (bicyclic) bond motifs is 1. The Morgan fingerprint density at radius 3 is 2.70 bits per heavy atom. The van der Waals surface area contributed by atoms with Crippen molar-refractivity contribution in [3.63, 3.8) is 0 Å². The van der Waals surface area contributed by atoms with Crippen molar-refractivity contribution in [2.45, 2.75) is 26.3 Å². The van der Waals surface area contributed by atoms with Crippen LogP contribution in [0.4, 0.5) is 5.82 Å². The van der Waals surface area contributed by atoms with Crippen molar-refractivity contribution in [1.82, 2.24) is 29.7 Å². The number of carbonyl (C=O) groups excluding carboxylic acids is 1. The Hall–Kier alpha value is -4.33. The van der Waals surface area contributed by atoms with E-state index >= 15 is 0 Å². The lowest BCUT2D eigenvalue weighted by molar-refractivity contribution is -0.115. The van der Waals surface area contributed by atoms with Crippen LogP contribution in [0.1, 0.15) is 25.6 Å². The molecule has 5 aromatic heterocycles. The average Bonchev–Trinajstić information content (AvgIpc) is 3.45. The number of anilines is 1. The van der Waals surface area contributed by atoms with Gasteiger partial charge in [-0.3, -0.25) is 19.4 Å². The summed E-state index contributed by atoms with van der Waals surface area (Å²) >= 11 is 0. The van der Waals surface area contributed by atoms with E-state index in [0.717, 1.165) is 39.2 Å². The molecular weight excluding hydrogens is 414 g/mol. The van der Waals surface area contributed by atoms with Gasteiger partial charge in [-0.15, -0.1) is 0 Å². The Labute approximate surface area is 190 Å². The second kappa shape index (κ2) is 8.66. The first-order valence-electron chi connectivity index (χ1n) is 10.8. The molecule has 5 aromatic rings. The molecule has 5 rings (SSSR count). The summed E-state index contributed by atoms with van der Waals surface area (Å²) in [7, 11) is 0. The van der Waals surface area contributed by atoms with E-state index in [-0.39, 0.29) is 18.4 Å². The zero-order chi connectivity index (χ0) is 22.8. The lowest BCUT2D eigenvalue weighted by atomic mass is 10.0. The fraction of sp³-hybridized carbons (Fsp3) is 0.160. The summed E-state index contributed by atoms with van der Waals surface area (Å²) in [5.74, 6) is 0.302. The predicted molar refractivity (Wildman–Crippen MR) is 128 cm³/mol. The maximum Gasteiger partial charge on any atom is 0.231 e. The molecule has 0 aliphatic carbocycles. The maximum absolute atomic E-state index is 12.6. The second-order valence-corrected chi connectivity index (χ2v) is 8.03. The lowest BCUT2D eigenvalue weighted by Crippen LogP contribution is -2.16. The number of hydrogen-bond acceptors (Lipinski definition) is 5. The van der Waals surface area contributed by atoms with Gasteiger partial charge in [0.25, 0.3) is 0 Å². The normalized spacial score (nSPS) is 11.2. The predicted octanol–water partition coefficient (Wildman–Crippen LogP) is 4.65. The number of nitrogens with one attached hydrogen (secondary N) is 2. The van der Waals surface area contributed by atoms with Crippen LogP contribution in [0.25, 0.3) is 33.5 Å². The zero-order valence-electron chi connectivity index (χ0n) is 18.4. The van der Waals surface area contributed by atoms with Gasteiger partial charge in [0.15, 0.2) is 0 Å². The molecule has 0 saturated carbocycles. The molecule has 1 amide bonds. The van der Waals surface area contributed by atoms with Crippen LogP contribution < -0.4 is 5.32 Å². The molecule has 0 radical (unpaired) electrons. The number of aromatic amines is 1. The fourth-order valence-corrected chi connectivity index (χ4v) is 3.76. The zero-order valence-corrected chi connectivity index (χ0v) is 18.4. The van der Waals surface area contributed by atoms with Crippen LogP contribution in [-0.4, -0.2) is 35.6 Å². The molecule has 0 bridgehead atoms. The van der Waals surface area contributed by atoms with Crippen molar-refractivity contribution < 1.29 is 4.79 Å². The van der Waals surface area contributed by atoms with Crippen molar-refractivity contribution in [2.24, 2.45) is 0 Å². The molecular formula is C25H23N7O. The Morgan fingerprint density at radius 1 is 1.03 bits per heavy atom. The molecule has 2 N–H and O–H groups in total. The number of pyridine rings is 3. The maximum atomic E-state index is 12.6. The van der Waals surface area contributed by atoms with Crippen molar-refractivity contribution in [1.29, 1.82) is 0 Å². The highest BCUT2D eigenvalue weighted by molar-refractivity contribution is 6.01. The summed E-state index contributed by atoms with van der Waals surface area (Å²) in [6.45, 7) is 4.09. The molecule has 33 heavy (non-hydrogen) atoms. The first-order valence-corrected chi connectivity index (χ1v) is 10.8. The molecule has 0 unspecified atom stereocenters. The van der Waals surface area contributed by atoms with Crippen LogP contribution in [0.15, 0.2) is 73.3 Å². The molecule has 0 aromatic carbocycles. The van der Waals surface area contributed by atoms with Crippen molar-refractivity contribution in [3.05, 3.63) is 79.0 Å². The van der Waals surface area contributed by atoms with E-state index in [2.05, 4.69) is 30.4 Å². The third-order valence-electron chi connectivity index (χ3n) is 5.33. The standard InChI is InChI=1S/C25H23N7O/c1-16(2)32-13-9-18(31-32)15-22(33)30-21-14-17(8-12-27-21)24-23(19-6-3-4-10-26-19)25-20(29-24)7-5-11-28-25/h3-14,16,29H,15H2,1-2H3,(H,27,30,33). The van der Waals surface area contributed by atoms with Crippen molar-refractivity contribution >= 4 is 22.8 Å². The molecule has 8 nitrogen and oxygen atoms in total. The number of rotatable bonds is 6. The number of nitrogens with zero attached hydrogens (tertiary/aromatic N) is 5. The molecule has 0 spiro atoms. The number of H-pyrrole nitrogens is 1. The quantitative estimate of drug-likeness (QED) is 0.403. The van der Waals surface area contributed by atoms with E-state index in [1.165, 1.54) is 0 Å². The molecule has 0 fully saturated rings. The molecule has 164 valence electrons. The first-order chi connectivity index (χ1) is 16.1. The molecule has 0 aliphatic heterocycles. The summed E-state index contributed by atoms with van der Waals surface area (Å²) in [5, 5.41) is 7.33. The topological polar surface area (TPSA) is 101 Å². The monoisotopic (exact) mass is 437 g/mol. The minimum Gasteiger partial charge on any atom is -0.353 e. The van der Waals surface area contributed by atoms with Crippen LogP contribution in [0.5, 0.6) is 0 Å². The van der Waals surface area contributed by atoms with E-state index < -0.39 is 0 Å². The van der Waals surface area contributed by atoms with Gasteiger partial charge in [0.2, 0.25) is 5.91 Å². The van der Waals surface area contributed by atoms with Gasteiger partial charge >= 0.3 is 0 Å². The van der Waals surface area contributed by atoms with E-state index in [1.807, 2.05) is 73.3 Å². The Balaban J connectivity index is 1.45.